The van der Waals surface area contributed by atoms with Crippen LogP contribution < -0.4 is 0 Å². The van der Waals surface area contributed by atoms with Crippen LogP contribution in [0, 0.1) is 11.8 Å². The molecule has 0 aromatic carbocycles. The van der Waals surface area contributed by atoms with Crippen molar-refractivity contribution in [2.24, 2.45) is 7.05 Å². The topological polar surface area (TPSA) is 60.2 Å². The predicted octanol–water partition coefficient (Wildman–Crippen LogP) is 2.43. The lowest BCUT2D eigenvalue weighted by Crippen LogP contribution is -2.23. The van der Waals surface area contributed by atoms with Gasteiger partial charge in [0.2, 0.25) is 0 Å². The molecule has 1 atom stereocenters. The zero-order chi connectivity index (χ0) is 17.5. The third kappa shape index (κ3) is 4.91. The van der Waals surface area contributed by atoms with Gasteiger partial charge in [0.1, 0.15) is 5.01 Å². The van der Waals surface area contributed by atoms with E-state index in [0.717, 1.165) is 23.7 Å². The molecule has 128 valence electrons. The van der Waals surface area contributed by atoms with Crippen molar-refractivity contribution in [3.05, 3.63) is 23.5 Å². The van der Waals surface area contributed by atoms with E-state index in [9.17, 15) is 4.79 Å². The minimum absolute atomic E-state index is 0.302. The van der Waals surface area contributed by atoms with E-state index in [4.69, 9.17) is 4.74 Å². The summed E-state index contributed by atoms with van der Waals surface area (Å²) in [6.07, 6.45) is 3.11. The highest BCUT2D eigenvalue weighted by atomic mass is 32.1. The minimum Gasteiger partial charge on any atom is -0.445 e. The molecule has 0 N–H and O–H groups in total. The average Bonchev–Trinajstić information content (AvgIpc) is 3.20. The van der Waals surface area contributed by atoms with Gasteiger partial charge in [-0.15, -0.1) is 11.3 Å². The Hall–Kier alpha value is -2.17. The Morgan fingerprint density at radius 1 is 1.46 bits per heavy atom. The second-order valence-electron chi connectivity index (χ2n) is 5.27. The molecule has 0 fully saturated rings. The number of hydrogen-bond acceptors (Lipinski definition) is 6. The fraction of sp³-hybridized carbons (Fsp3) is 0.471. The van der Waals surface area contributed by atoms with E-state index in [1.807, 2.05) is 13.2 Å². The number of nitrogens with zero attached hydrogens (tertiary/aromatic N) is 4. The highest BCUT2D eigenvalue weighted by molar-refractivity contribution is 7.13. The molecule has 0 saturated carbocycles. The molecule has 0 aliphatic rings. The van der Waals surface area contributed by atoms with Crippen LogP contribution in [0.25, 0.3) is 10.6 Å². The number of aromatic nitrogens is 3. The SMILES string of the molecule is CCN(CC)CC#CC(C)OC(=O)c1csc(-c2cnn(C)c2)n1. The molecule has 2 rings (SSSR count). The molecule has 7 heteroatoms. The number of rotatable bonds is 6. The molecule has 0 aliphatic heterocycles. The molecule has 2 aromatic rings. The summed E-state index contributed by atoms with van der Waals surface area (Å²) in [4.78, 5) is 18.6. The van der Waals surface area contributed by atoms with Crippen LogP contribution in [0.3, 0.4) is 0 Å². The molecule has 0 amide bonds. The van der Waals surface area contributed by atoms with Gasteiger partial charge in [-0.3, -0.25) is 9.58 Å². The molecule has 1 unspecified atom stereocenters. The number of carbonyl (C=O) groups excluding carboxylic acids is 1. The van der Waals surface area contributed by atoms with Crippen molar-refractivity contribution in [1.82, 2.24) is 19.7 Å². The first-order valence-electron chi connectivity index (χ1n) is 7.89. The van der Waals surface area contributed by atoms with Crippen molar-refractivity contribution in [3.63, 3.8) is 0 Å². The van der Waals surface area contributed by atoms with E-state index in [1.165, 1.54) is 11.3 Å². The molecule has 0 aliphatic carbocycles. The third-order valence-electron chi connectivity index (χ3n) is 3.45. The van der Waals surface area contributed by atoms with E-state index in [-0.39, 0.29) is 0 Å². The van der Waals surface area contributed by atoms with Gasteiger partial charge in [0.05, 0.1) is 12.7 Å². The largest absolute Gasteiger partial charge is 0.445 e. The van der Waals surface area contributed by atoms with Crippen LogP contribution in [-0.2, 0) is 11.8 Å². The summed E-state index contributed by atoms with van der Waals surface area (Å²) in [6, 6.07) is 0. The molecular formula is C17H22N4O2S. The molecule has 0 spiro atoms. The van der Waals surface area contributed by atoms with Gasteiger partial charge >= 0.3 is 5.97 Å². The first-order chi connectivity index (χ1) is 11.5. The molecule has 2 aromatic heterocycles. The third-order valence-corrected chi connectivity index (χ3v) is 4.34. The van der Waals surface area contributed by atoms with E-state index in [1.54, 1.807) is 23.2 Å². The molecule has 6 nitrogen and oxygen atoms in total. The van der Waals surface area contributed by atoms with Crippen molar-refractivity contribution in [1.29, 1.82) is 0 Å². The second kappa shape index (κ2) is 8.62. The lowest BCUT2D eigenvalue weighted by atomic mass is 10.3. The monoisotopic (exact) mass is 346 g/mol. The van der Waals surface area contributed by atoms with Crippen LogP contribution in [0.1, 0.15) is 31.3 Å². The van der Waals surface area contributed by atoms with Gasteiger partial charge in [-0.25, -0.2) is 9.78 Å². The predicted molar refractivity (Wildman–Crippen MR) is 94.8 cm³/mol. The lowest BCUT2D eigenvalue weighted by molar-refractivity contribution is 0.0432. The Bertz CT molecular complexity index is 737. The fourth-order valence-corrected chi connectivity index (χ4v) is 2.80. The molecule has 0 saturated heterocycles. The number of ether oxygens (including phenoxy) is 1. The van der Waals surface area contributed by atoms with Gasteiger partial charge < -0.3 is 4.74 Å². The van der Waals surface area contributed by atoms with Gasteiger partial charge in [-0.1, -0.05) is 25.7 Å². The second-order valence-corrected chi connectivity index (χ2v) is 6.13. The molecular weight excluding hydrogens is 324 g/mol. The Balaban J connectivity index is 1.93. The number of carbonyl (C=O) groups is 1. The van der Waals surface area contributed by atoms with Gasteiger partial charge in [-0.05, 0) is 20.0 Å². The maximum atomic E-state index is 12.1. The van der Waals surface area contributed by atoms with Gasteiger partial charge in [-0.2, -0.15) is 5.10 Å². The maximum Gasteiger partial charge on any atom is 0.359 e. The van der Waals surface area contributed by atoms with Crippen LogP contribution in [0.15, 0.2) is 17.8 Å². The summed E-state index contributed by atoms with van der Waals surface area (Å²) >= 11 is 1.39. The lowest BCUT2D eigenvalue weighted by Gasteiger charge is -2.13. The van der Waals surface area contributed by atoms with E-state index in [0.29, 0.717) is 12.2 Å². The van der Waals surface area contributed by atoms with E-state index in [2.05, 4.69) is 40.7 Å². The quantitative estimate of drug-likeness (QED) is 0.594. The van der Waals surface area contributed by atoms with E-state index < -0.39 is 12.1 Å². The van der Waals surface area contributed by atoms with Crippen molar-refractivity contribution in [2.45, 2.75) is 26.9 Å². The molecule has 2 heterocycles. The molecule has 24 heavy (non-hydrogen) atoms. The highest BCUT2D eigenvalue weighted by Gasteiger charge is 2.15. The Morgan fingerprint density at radius 3 is 2.83 bits per heavy atom. The fourth-order valence-electron chi connectivity index (χ4n) is 2.03. The van der Waals surface area contributed by atoms with Crippen LogP contribution in [0.4, 0.5) is 0 Å². The van der Waals surface area contributed by atoms with Crippen LogP contribution in [0.2, 0.25) is 0 Å². The van der Waals surface area contributed by atoms with Crippen molar-refractivity contribution < 1.29 is 9.53 Å². The number of aryl methyl sites for hydroxylation is 1. The zero-order valence-corrected chi connectivity index (χ0v) is 15.3. The Kier molecular flexibility index (Phi) is 6.53. The summed E-state index contributed by atoms with van der Waals surface area (Å²) in [5, 5.41) is 6.54. The zero-order valence-electron chi connectivity index (χ0n) is 14.4. The summed E-state index contributed by atoms with van der Waals surface area (Å²) < 4.78 is 7.03. The number of thiazole rings is 1. The summed E-state index contributed by atoms with van der Waals surface area (Å²) in [5.74, 6) is 5.55. The first kappa shape index (κ1) is 18.2. The van der Waals surface area contributed by atoms with Crippen molar-refractivity contribution in [2.75, 3.05) is 19.6 Å². The van der Waals surface area contributed by atoms with E-state index >= 15 is 0 Å². The smallest absolute Gasteiger partial charge is 0.359 e. The normalized spacial score (nSPS) is 11.9. The van der Waals surface area contributed by atoms with Gasteiger partial charge in [0.15, 0.2) is 11.8 Å². The van der Waals surface area contributed by atoms with Crippen molar-refractivity contribution >= 4 is 17.3 Å². The molecule has 0 radical (unpaired) electrons. The highest BCUT2D eigenvalue weighted by Crippen LogP contribution is 2.23. The van der Waals surface area contributed by atoms with Crippen molar-refractivity contribution in [3.8, 4) is 22.4 Å². The first-order valence-corrected chi connectivity index (χ1v) is 8.77. The maximum absolute atomic E-state index is 12.1. The Morgan fingerprint density at radius 2 is 2.21 bits per heavy atom. The molecule has 0 bridgehead atoms. The Labute approximate surface area is 146 Å². The summed E-state index contributed by atoms with van der Waals surface area (Å²) in [7, 11) is 1.84. The minimum atomic E-state index is -0.461. The van der Waals surface area contributed by atoms with Crippen LogP contribution >= 0.6 is 11.3 Å². The number of esters is 1. The summed E-state index contributed by atoms with van der Waals surface area (Å²) in [5.41, 5.74) is 1.19. The average molecular weight is 346 g/mol. The number of hydrogen-bond donors (Lipinski definition) is 0. The standard InChI is InChI=1S/C17H22N4O2S/c1-5-21(6-2)9-7-8-13(3)23-17(22)15-12-24-16(19-15)14-10-18-20(4)11-14/h10-13H,5-6,9H2,1-4H3. The van der Waals surface area contributed by atoms with Gasteiger partial charge in [0, 0.05) is 24.2 Å². The summed E-state index contributed by atoms with van der Waals surface area (Å²) in [6.45, 7) is 8.54. The van der Waals surface area contributed by atoms with Crippen LogP contribution in [-0.4, -0.2) is 51.4 Å². The van der Waals surface area contributed by atoms with Gasteiger partial charge in [0.25, 0.3) is 0 Å². The van der Waals surface area contributed by atoms with Crippen LogP contribution in [0.5, 0.6) is 0 Å².